The van der Waals surface area contributed by atoms with Crippen LogP contribution in [0.25, 0.3) is 0 Å². The van der Waals surface area contributed by atoms with E-state index in [0.717, 1.165) is 31.9 Å². The zero-order valence-corrected chi connectivity index (χ0v) is 10.8. The number of aromatic nitrogens is 3. The van der Waals surface area contributed by atoms with E-state index in [2.05, 4.69) is 28.8 Å². The largest absolute Gasteiger partial charge is 0.328 e. The quantitative estimate of drug-likeness (QED) is 0.830. The Labute approximate surface area is 103 Å². The zero-order chi connectivity index (χ0) is 12.3. The molecule has 1 aliphatic heterocycles. The van der Waals surface area contributed by atoms with E-state index in [9.17, 15) is 0 Å². The number of likely N-dealkylation sites (tertiary alicyclic amines) is 1. The van der Waals surface area contributed by atoms with Gasteiger partial charge in [0.2, 0.25) is 0 Å². The van der Waals surface area contributed by atoms with Gasteiger partial charge in [-0.05, 0) is 39.7 Å². The second-order valence-corrected chi connectivity index (χ2v) is 4.97. The molecule has 1 aliphatic rings. The van der Waals surface area contributed by atoms with E-state index in [1.54, 1.807) is 6.33 Å². The van der Waals surface area contributed by atoms with Crippen LogP contribution in [0, 0.1) is 0 Å². The number of hydrogen-bond acceptors (Lipinski definition) is 4. The number of nitrogens with two attached hydrogens (primary N) is 1. The molecule has 0 amide bonds. The molecule has 0 aliphatic carbocycles. The number of nitrogens with zero attached hydrogens (tertiary/aromatic N) is 4. The first-order valence-electron chi connectivity index (χ1n) is 6.57. The van der Waals surface area contributed by atoms with Crippen LogP contribution >= 0.6 is 0 Å². The Kier molecular flexibility index (Phi) is 4.12. The predicted octanol–water partition coefficient (Wildman–Crippen LogP) is 1.000. The van der Waals surface area contributed by atoms with Gasteiger partial charge in [-0.15, -0.1) is 0 Å². The summed E-state index contributed by atoms with van der Waals surface area (Å²) in [6.07, 6.45) is 5.27. The summed E-state index contributed by atoms with van der Waals surface area (Å²) in [7, 11) is 0. The van der Waals surface area contributed by atoms with Crippen LogP contribution in [0.4, 0.5) is 0 Å². The second-order valence-electron chi connectivity index (χ2n) is 4.97. The van der Waals surface area contributed by atoms with E-state index < -0.39 is 0 Å². The van der Waals surface area contributed by atoms with Gasteiger partial charge in [0.1, 0.15) is 12.2 Å². The Hall–Kier alpha value is -0.940. The summed E-state index contributed by atoms with van der Waals surface area (Å²) in [5.41, 5.74) is 5.90. The molecule has 1 saturated heterocycles. The van der Waals surface area contributed by atoms with Crippen LogP contribution in [0.15, 0.2) is 6.33 Å². The molecule has 0 spiro atoms. The third-order valence-corrected chi connectivity index (χ3v) is 3.48. The fourth-order valence-electron chi connectivity index (χ4n) is 2.66. The summed E-state index contributed by atoms with van der Waals surface area (Å²) in [4.78, 5) is 6.84. The zero-order valence-electron chi connectivity index (χ0n) is 10.8. The normalized spacial score (nSPS) is 23.1. The average Bonchev–Trinajstić information content (AvgIpc) is 2.88. The van der Waals surface area contributed by atoms with Gasteiger partial charge >= 0.3 is 0 Å². The lowest BCUT2D eigenvalue weighted by molar-refractivity contribution is 0.218. The lowest BCUT2D eigenvalue weighted by Crippen LogP contribution is -2.34. The van der Waals surface area contributed by atoms with Crippen molar-refractivity contribution in [2.45, 2.75) is 58.3 Å². The van der Waals surface area contributed by atoms with Crippen molar-refractivity contribution < 1.29 is 0 Å². The summed E-state index contributed by atoms with van der Waals surface area (Å²) in [6, 6.07) is 0.904. The van der Waals surface area contributed by atoms with Crippen LogP contribution in [0.2, 0.25) is 0 Å². The highest BCUT2D eigenvalue weighted by Gasteiger charge is 2.26. The first-order chi connectivity index (χ1) is 8.20. The molecule has 1 fully saturated rings. The minimum atomic E-state index is 0.282. The minimum Gasteiger partial charge on any atom is -0.328 e. The molecular formula is C12H23N5. The van der Waals surface area contributed by atoms with E-state index >= 15 is 0 Å². The topological polar surface area (TPSA) is 60.0 Å². The number of aryl methyl sites for hydroxylation is 1. The molecule has 2 unspecified atom stereocenters. The van der Waals surface area contributed by atoms with Gasteiger partial charge in [-0.2, -0.15) is 5.10 Å². The molecule has 17 heavy (non-hydrogen) atoms. The maximum Gasteiger partial charge on any atom is 0.141 e. The smallest absolute Gasteiger partial charge is 0.141 e. The van der Waals surface area contributed by atoms with Crippen LogP contribution in [0.3, 0.4) is 0 Å². The summed E-state index contributed by atoms with van der Waals surface area (Å²) in [5.74, 6) is 1.07. The van der Waals surface area contributed by atoms with Crippen molar-refractivity contribution in [3.63, 3.8) is 0 Å². The van der Waals surface area contributed by atoms with Crippen LogP contribution in [-0.2, 0) is 13.1 Å². The second kappa shape index (κ2) is 5.60. The summed E-state index contributed by atoms with van der Waals surface area (Å²) >= 11 is 0. The van der Waals surface area contributed by atoms with E-state index in [-0.39, 0.29) is 6.04 Å². The SMILES string of the molecule is CCn1ncnc1CN1CCCC1CC(C)N. The van der Waals surface area contributed by atoms with Crippen LogP contribution in [0.1, 0.15) is 38.9 Å². The van der Waals surface area contributed by atoms with Crippen LogP contribution < -0.4 is 5.73 Å². The van der Waals surface area contributed by atoms with Gasteiger partial charge in [0.05, 0.1) is 6.54 Å². The van der Waals surface area contributed by atoms with Gasteiger partial charge in [-0.3, -0.25) is 4.90 Å². The molecule has 5 nitrogen and oxygen atoms in total. The lowest BCUT2D eigenvalue weighted by atomic mass is 10.1. The standard InChI is InChI=1S/C12H23N5/c1-3-17-12(14-9-15-17)8-16-6-4-5-11(16)7-10(2)13/h9-11H,3-8,13H2,1-2H3. The van der Waals surface area contributed by atoms with E-state index in [1.807, 2.05) is 4.68 Å². The van der Waals surface area contributed by atoms with Crippen molar-refractivity contribution in [3.05, 3.63) is 12.2 Å². The fourth-order valence-corrected chi connectivity index (χ4v) is 2.66. The molecule has 0 radical (unpaired) electrons. The van der Waals surface area contributed by atoms with E-state index in [1.165, 1.54) is 12.8 Å². The Morgan fingerprint density at radius 3 is 3.12 bits per heavy atom. The maximum atomic E-state index is 5.90. The van der Waals surface area contributed by atoms with Crippen molar-refractivity contribution in [3.8, 4) is 0 Å². The van der Waals surface area contributed by atoms with Crippen LogP contribution in [-0.4, -0.2) is 38.3 Å². The van der Waals surface area contributed by atoms with E-state index in [4.69, 9.17) is 5.73 Å². The third kappa shape index (κ3) is 3.04. The Morgan fingerprint density at radius 2 is 2.41 bits per heavy atom. The molecule has 2 rings (SSSR count). The highest BCUT2D eigenvalue weighted by Crippen LogP contribution is 2.22. The highest BCUT2D eigenvalue weighted by molar-refractivity contribution is 4.89. The predicted molar refractivity (Wildman–Crippen MR) is 67.4 cm³/mol. The van der Waals surface area contributed by atoms with Crippen molar-refractivity contribution >= 4 is 0 Å². The first-order valence-corrected chi connectivity index (χ1v) is 6.57. The lowest BCUT2D eigenvalue weighted by Gasteiger charge is -2.25. The van der Waals surface area contributed by atoms with E-state index in [0.29, 0.717) is 6.04 Å². The molecule has 2 N–H and O–H groups in total. The molecule has 5 heteroatoms. The van der Waals surface area contributed by atoms with Gasteiger partial charge in [0.25, 0.3) is 0 Å². The highest BCUT2D eigenvalue weighted by atomic mass is 15.3. The molecule has 2 heterocycles. The molecule has 0 saturated carbocycles. The molecule has 96 valence electrons. The molecule has 0 bridgehead atoms. The average molecular weight is 237 g/mol. The Morgan fingerprint density at radius 1 is 1.59 bits per heavy atom. The van der Waals surface area contributed by atoms with Gasteiger partial charge in [0.15, 0.2) is 0 Å². The molecule has 0 aromatic carbocycles. The van der Waals surface area contributed by atoms with Gasteiger partial charge < -0.3 is 5.73 Å². The summed E-state index contributed by atoms with van der Waals surface area (Å²) in [6.45, 7) is 7.15. The molecule has 2 atom stereocenters. The first kappa shape index (κ1) is 12.5. The van der Waals surface area contributed by atoms with Gasteiger partial charge in [-0.1, -0.05) is 0 Å². The van der Waals surface area contributed by atoms with Gasteiger partial charge in [0, 0.05) is 18.6 Å². The minimum absolute atomic E-state index is 0.282. The van der Waals surface area contributed by atoms with Crippen molar-refractivity contribution in [1.82, 2.24) is 19.7 Å². The molecule has 1 aromatic heterocycles. The Balaban J connectivity index is 1.97. The Bertz CT molecular complexity index is 346. The van der Waals surface area contributed by atoms with Gasteiger partial charge in [-0.25, -0.2) is 9.67 Å². The maximum absolute atomic E-state index is 5.90. The third-order valence-electron chi connectivity index (χ3n) is 3.48. The summed E-state index contributed by atoms with van der Waals surface area (Å²) < 4.78 is 1.97. The fraction of sp³-hybridized carbons (Fsp3) is 0.833. The van der Waals surface area contributed by atoms with Crippen LogP contribution in [0.5, 0.6) is 0 Å². The monoisotopic (exact) mass is 237 g/mol. The molecular weight excluding hydrogens is 214 g/mol. The van der Waals surface area contributed by atoms with Crippen molar-refractivity contribution in [1.29, 1.82) is 0 Å². The number of rotatable bonds is 5. The molecule has 1 aromatic rings. The number of hydrogen-bond donors (Lipinski definition) is 1. The van der Waals surface area contributed by atoms with Crippen molar-refractivity contribution in [2.75, 3.05) is 6.54 Å². The van der Waals surface area contributed by atoms with Crippen molar-refractivity contribution in [2.24, 2.45) is 5.73 Å². The summed E-state index contributed by atoms with van der Waals surface area (Å²) in [5, 5.41) is 4.22.